The quantitative estimate of drug-likeness (QED) is 0.484. The summed E-state index contributed by atoms with van der Waals surface area (Å²) < 4.78 is 30.9. The Morgan fingerprint density at radius 2 is 1.91 bits per heavy atom. The first-order valence-electron chi connectivity index (χ1n) is 10.2. The van der Waals surface area contributed by atoms with Crippen molar-refractivity contribution in [3.63, 3.8) is 0 Å². The van der Waals surface area contributed by atoms with E-state index in [-0.39, 0.29) is 29.1 Å². The van der Waals surface area contributed by atoms with Gasteiger partial charge in [-0.25, -0.2) is 13.2 Å². The standard InChI is InChI=1S/C22H25IN2O6S/c1-4-25(22(27)28)19-12-16(18-10-11-21(26)24(18)3)20(13-17(19)23)31-14-6-8-15(9-7-14)32(29,30)5-2/h6-9,12-13,18H,4-5,10-11H2,1-3H3,(H,27,28). The number of hydrogen-bond acceptors (Lipinski definition) is 5. The number of carbonyl (C=O) groups is 2. The molecule has 0 saturated carbocycles. The Kier molecular flexibility index (Phi) is 7.33. The monoisotopic (exact) mass is 572 g/mol. The number of likely N-dealkylation sites (tertiary alicyclic amines) is 1. The topological polar surface area (TPSA) is 104 Å². The molecule has 2 amide bonds. The molecule has 0 bridgehead atoms. The van der Waals surface area contributed by atoms with Crippen molar-refractivity contribution in [2.45, 2.75) is 37.6 Å². The number of rotatable bonds is 7. The summed E-state index contributed by atoms with van der Waals surface area (Å²) in [6.45, 7) is 3.62. The fourth-order valence-corrected chi connectivity index (χ4v) is 5.31. The van der Waals surface area contributed by atoms with Crippen LogP contribution in [0.15, 0.2) is 41.3 Å². The van der Waals surface area contributed by atoms with Crippen LogP contribution in [0.1, 0.15) is 38.3 Å². The predicted octanol–water partition coefficient (Wildman–Crippen LogP) is 4.67. The van der Waals surface area contributed by atoms with E-state index in [0.29, 0.717) is 39.2 Å². The molecule has 1 N–H and O–H groups in total. The molecule has 1 aliphatic heterocycles. The Labute approximate surface area is 201 Å². The van der Waals surface area contributed by atoms with Crippen molar-refractivity contribution >= 4 is 50.1 Å². The fraction of sp³-hybridized carbons (Fsp3) is 0.364. The zero-order chi connectivity index (χ0) is 23.6. The van der Waals surface area contributed by atoms with Gasteiger partial charge in [-0.15, -0.1) is 0 Å². The van der Waals surface area contributed by atoms with Crippen molar-refractivity contribution in [3.05, 3.63) is 45.5 Å². The van der Waals surface area contributed by atoms with Gasteiger partial charge in [0.1, 0.15) is 11.5 Å². The molecule has 2 aromatic carbocycles. The molecule has 0 spiro atoms. The molecule has 10 heteroatoms. The Morgan fingerprint density at radius 1 is 1.25 bits per heavy atom. The van der Waals surface area contributed by atoms with E-state index >= 15 is 0 Å². The molecular formula is C22H25IN2O6S. The van der Waals surface area contributed by atoms with Crippen LogP contribution in [0.5, 0.6) is 11.5 Å². The van der Waals surface area contributed by atoms with Crippen molar-refractivity contribution in [1.29, 1.82) is 0 Å². The summed E-state index contributed by atoms with van der Waals surface area (Å²) in [6.07, 6.45) is -0.0609. The van der Waals surface area contributed by atoms with Gasteiger partial charge in [0.25, 0.3) is 0 Å². The molecule has 1 aliphatic rings. The van der Waals surface area contributed by atoms with Crippen LogP contribution in [0.2, 0.25) is 0 Å². The van der Waals surface area contributed by atoms with Crippen molar-refractivity contribution in [2.75, 3.05) is 24.2 Å². The van der Waals surface area contributed by atoms with Crippen LogP contribution < -0.4 is 9.64 Å². The average molecular weight is 572 g/mol. The van der Waals surface area contributed by atoms with Crippen LogP contribution in [-0.4, -0.2) is 49.8 Å². The fourth-order valence-electron chi connectivity index (χ4n) is 3.70. The van der Waals surface area contributed by atoms with Crippen LogP contribution in [0.4, 0.5) is 10.5 Å². The van der Waals surface area contributed by atoms with Gasteiger partial charge in [0.05, 0.1) is 22.4 Å². The van der Waals surface area contributed by atoms with Crippen molar-refractivity contribution in [1.82, 2.24) is 4.90 Å². The maximum atomic E-state index is 12.2. The summed E-state index contributed by atoms with van der Waals surface area (Å²) in [5, 5.41) is 9.60. The lowest BCUT2D eigenvalue weighted by Crippen LogP contribution is -2.30. The number of amides is 2. The Bertz CT molecular complexity index is 1130. The summed E-state index contributed by atoms with van der Waals surface area (Å²) in [6, 6.07) is 9.46. The zero-order valence-corrected chi connectivity index (χ0v) is 21.0. The van der Waals surface area contributed by atoms with Gasteiger partial charge in [-0.3, -0.25) is 9.69 Å². The minimum atomic E-state index is -3.32. The Hall–Kier alpha value is -2.34. The lowest BCUT2D eigenvalue weighted by atomic mass is 10.0. The second-order valence-corrected chi connectivity index (χ2v) is 10.8. The number of anilines is 1. The molecule has 1 saturated heterocycles. The summed E-state index contributed by atoms with van der Waals surface area (Å²) in [7, 11) is -1.59. The van der Waals surface area contributed by atoms with Crippen LogP contribution in [-0.2, 0) is 14.6 Å². The van der Waals surface area contributed by atoms with Gasteiger partial charge in [0, 0.05) is 29.1 Å². The highest BCUT2D eigenvalue weighted by molar-refractivity contribution is 14.1. The lowest BCUT2D eigenvalue weighted by Gasteiger charge is -2.26. The molecule has 32 heavy (non-hydrogen) atoms. The highest BCUT2D eigenvalue weighted by Crippen LogP contribution is 2.42. The SMILES string of the molecule is CCN(C(=O)O)c1cc(C2CCC(=O)N2C)c(Oc2ccc(S(=O)(=O)CC)cc2)cc1I. The molecule has 0 aromatic heterocycles. The number of carboxylic acid groups (broad SMARTS) is 1. The normalized spacial score (nSPS) is 16.3. The minimum absolute atomic E-state index is 0.0105. The third-order valence-electron chi connectivity index (χ3n) is 5.56. The number of carbonyl (C=O) groups excluding carboxylic acids is 1. The summed E-state index contributed by atoms with van der Waals surface area (Å²) in [5.74, 6) is 0.969. The smallest absolute Gasteiger partial charge is 0.411 e. The second kappa shape index (κ2) is 9.65. The molecule has 1 unspecified atom stereocenters. The molecule has 0 radical (unpaired) electrons. The lowest BCUT2D eigenvalue weighted by molar-refractivity contribution is -0.127. The van der Waals surface area contributed by atoms with Crippen molar-refractivity contribution in [2.24, 2.45) is 0 Å². The van der Waals surface area contributed by atoms with E-state index < -0.39 is 15.9 Å². The van der Waals surface area contributed by atoms with Crippen molar-refractivity contribution < 1.29 is 27.9 Å². The minimum Gasteiger partial charge on any atom is -0.465 e. The molecule has 8 nitrogen and oxygen atoms in total. The average Bonchev–Trinajstić information content (AvgIpc) is 3.08. The van der Waals surface area contributed by atoms with Crippen LogP contribution >= 0.6 is 22.6 Å². The number of benzene rings is 2. The van der Waals surface area contributed by atoms with E-state index in [9.17, 15) is 23.1 Å². The Balaban J connectivity index is 2.05. The Morgan fingerprint density at radius 3 is 2.41 bits per heavy atom. The van der Waals surface area contributed by atoms with E-state index in [2.05, 4.69) is 22.6 Å². The summed E-state index contributed by atoms with van der Waals surface area (Å²) in [5.41, 5.74) is 1.24. The van der Waals surface area contributed by atoms with Crippen LogP contribution in [0.25, 0.3) is 0 Å². The molecule has 172 valence electrons. The van der Waals surface area contributed by atoms with Crippen LogP contribution in [0, 0.1) is 3.57 Å². The van der Waals surface area contributed by atoms with Gasteiger partial charge < -0.3 is 14.7 Å². The number of nitrogens with zero attached hydrogens (tertiary/aromatic N) is 2. The first kappa shape index (κ1) is 24.3. The van der Waals surface area contributed by atoms with Gasteiger partial charge in [-0.2, -0.15) is 0 Å². The third-order valence-corrected chi connectivity index (χ3v) is 8.17. The molecule has 1 atom stereocenters. The van der Waals surface area contributed by atoms with E-state index in [0.717, 1.165) is 0 Å². The molecule has 0 aliphatic carbocycles. The van der Waals surface area contributed by atoms with E-state index in [1.54, 1.807) is 50.1 Å². The summed E-state index contributed by atoms with van der Waals surface area (Å²) >= 11 is 2.07. The third kappa shape index (κ3) is 4.85. The zero-order valence-electron chi connectivity index (χ0n) is 18.0. The van der Waals surface area contributed by atoms with Crippen LogP contribution in [0.3, 0.4) is 0 Å². The number of sulfone groups is 1. The second-order valence-electron chi connectivity index (χ2n) is 7.40. The van der Waals surface area contributed by atoms with Gasteiger partial charge in [-0.05, 0) is 72.3 Å². The number of hydrogen-bond donors (Lipinski definition) is 1. The van der Waals surface area contributed by atoms with E-state index in [1.165, 1.54) is 17.0 Å². The number of ether oxygens (including phenoxy) is 1. The molecule has 3 rings (SSSR count). The molecule has 1 heterocycles. The molecule has 2 aromatic rings. The predicted molar refractivity (Wildman–Crippen MR) is 129 cm³/mol. The summed E-state index contributed by atoms with van der Waals surface area (Å²) in [4.78, 5) is 27.0. The van der Waals surface area contributed by atoms with Gasteiger partial charge in [-0.1, -0.05) is 6.92 Å². The largest absolute Gasteiger partial charge is 0.465 e. The van der Waals surface area contributed by atoms with E-state index in [1.807, 2.05) is 0 Å². The van der Waals surface area contributed by atoms with E-state index in [4.69, 9.17) is 4.74 Å². The van der Waals surface area contributed by atoms with Gasteiger partial charge in [0.15, 0.2) is 9.84 Å². The first-order valence-corrected chi connectivity index (χ1v) is 12.9. The molecular weight excluding hydrogens is 547 g/mol. The van der Waals surface area contributed by atoms with Gasteiger partial charge >= 0.3 is 6.09 Å². The van der Waals surface area contributed by atoms with Crippen molar-refractivity contribution in [3.8, 4) is 11.5 Å². The first-order chi connectivity index (χ1) is 15.1. The number of halogens is 1. The molecule has 1 fully saturated rings. The maximum Gasteiger partial charge on any atom is 0.411 e. The maximum absolute atomic E-state index is 12.2. The highest BCUT2D eigenvalue weighted by atomic mass is 127. The highest BCUT2D eigenvalue weighted by Gasteiger charge is 2.32. The van der Waals surface area contributed by atoms with Gasteiger partial charge in [0.2, 0.25) is 5.91 Å².